The van der Waals surface area contributed by atoms with E-state index in [0.717, 1.165) is 12.8 Å². The third-order valence-corrected chi connectivity index (χ3v) is 4.23. The molecule has 1 saturated heterocycles. The second-order valence-corrected chi connectivity index (χ2v) is 5.73. The van der Waals surface area contributed by atoms with Crippen molar-refractivity contribution in [1.82, 2.24) is 19.4 Å². The maximum atomic E-state index is 12.8. The molecule has 2 aromatic heterocycles. The van der Waals surface area contributed by atoms with Gasteiger partial charge in [0.1, 0.15) is 12.2 Å². The normalized spacial score (nSPS) is 15.5. The molecule has 1 amide bonds. The van der Waals surface area contributed by atoms with Crippen LogP contribution in [-0.4, -0.2) is 58.8 Å². The van der Waals surface area contributed by atoms with Crippen molar-refractivity contribution in [2.24, 2.45) is 0 Å². The Hall–Kier alpha value is -2.41. The highest BCUT2D eigenvalue weighted by Gasteiger charge is 2.26. The zero-order valence-electron chi connectivity index (χ0n) is 13.8. The lowest BCUT2D eigenvalue weighted by Gasteiger charge is -2.32. The smallest absolute Gasteiger partial charge is 0.259 e. The van der Waals surface area contributed by atoms with Crippen LogP contribution in [0, 0.1) is 0 Å². The second kappa shape index (κ2) is 7.92. The highest BCUT2D eigenvalue weighted by Crippen LogP contribution is 2.25. The van der Waals surface area contributed by atoms with Crippen LogP contribution >= 0.6 is 0 Å². The summed E-state index contributed by atoms with van der Waals surface area (Å²) in [5.41, 5.74) is 0.509. The maximum absolute atomic E-state index is 12.8. The molecule has 1 fully saturated rings. The van der Waals surface area contributed by atoms with E-state index in [4.69, 9.17) is 9.47 Å². The van der Waals surface area contributed by atoms with Gasteiger partial charge in [0.2, 0.25) is 5.88 Å². The summed E-state index contributed by atoms with van der Waals surface area (Å²) < 4.78 is 12.7. The number of ether oxygens (including phenoxy) is 2. The van der Waals surface area contributed by atoms with Crippen molar-refractivity contribution in [3.05, 3.63) is 42.6 Å². The van der Waals surface area contributed by atoms with E-state index < -0.39 is 0 Å². The fourth-order valence-corrected chi connectivity index (χ4v) is 2.91. The van der Waals surface area contributed by atoms with Crippen LogP contribution in [0.2, 0.25) is 0 Å². The molecule has 2 aromatic rings. The van der Waals surface area contributed by atoms with E-state index in [2.05, 4.69) is 14.5 Å². The van der Waals surface area contributed by atoms with Gasteiger partial charge in [-0.25, -0.2) is 9.97 Å². The van der Waals surface area contributed by atoms with Gasteiger partial charge in [-0.1, -0.05) is 0 Å². The molecule has 24 heavy (non-hydrogen) atoms. The number of carbonyl (C=O) groups excluding carboxylic acids is 1. The first kappa shape index (κ1) is 16.4. The van der Waals surface area contributed by atoms with Crippen LogP contribution in [0.5, 0.6) is 5.88 Å². The molecule has 1 aliphatic heterocycles. The Bertz CT molecular complexity index is 652. The number of pyridine rings is 1. The van der Waals surface area contributed by atoms with Crippen molar-refractivity contribution < 1.29 is 14.3 Å². The molecular weight excluding hydrogens is 308 g/mol. The van der Waals surface area contributed by atoms with Crippen molar-refractivity contribution in [2.75, 3.05) is 33.4 Å². The predicted octanol–water partition coefficient (Wildman–Crippen LogP) is 1.78. The number of nitrogens with zero attached hydrogens (tertiary/aromatic N) is 4. The number of carbonyl (C=O) groups is 1. The van der Waals surface area contributed by atoms with Gasteiger partial charge >= 0.3 is 0 Å². The lowest BCUT2D eigenvalue weighted by molar-refractivity contribution is 0.0686. The number of imidazole rings is 1. The van der Waals surface area contributed by atoms with Crippen LogP contribution in [0.3, 0.4) is 0 Å². The van der Waals surface area contributed by atoms with E-state index >= 15 is 0 Å². The fraction of sp³-hybridized carbons (Fsp3) is 0.471. The number of piperidine rings is 1. The lowest BCUT2D eigenvalue weighted by atomic mass is 10.0. The molecule has 0 aliphatic carbocycles. The van der Waals surface area contributed by atoms with E-state index in [-0.39, 0.29) is 5.91 Å². The monoisotopic (exact) mass is 330 g/mol. The zero-order chi connectivity index (χ0) is 16.8. The highest BCUT2D eigenvalue weighted by atomic mass is 16.5. The topological polar surface area (TPSA) is 69.5 Å². The minimum atomic E-state index is -0.0282. The van der Waals surface area contributed by atoms with E-state index in [1.54, 1.807) is 31.6 Å². The molecule has 0 unspecified atom stereocenters. The summed E-state index contributed by atoms with van der Waals surface area (Å²) in [6.45, 7) is 2.26. The van der Waals surface area contributed by atoms with Crippen molar-refractivity contribution in [2.45, 2.75) is 18.9 Å². The Morgan fingerprint density at radius 1 is 1.29 bits per heavy atom. The average Bonchev–Trinajstić information content (AvgIpc) is 3.17. The van der Waals surface area contributed by atoms with Gasteiger partial charge in [0.05, 0.1) is 12.9 Å². The molecule has 7 nitrogen and oxygen atoms in total. The number of amides is 1. The van der Waals surface area contributed by atoms with Gasteiger partial charge in [-0.3, -0.25) is 4.79 Å². The first-order valence-corrected chi connectivity index (χ1v) is 8.13. The lowest BCUT2D eigenvalue weighted by Crippen LogP contribution is -2.39. The predicted molar refractivity (Wildman–Crippen MR) is 88.0 cm³/mol. The van der Waals surface area contributed by atoms with Gasteiger partial charge in [0.15, 0.2) is 0 Å². The maximum Gasteiger partial charge on any atom is 0.259 e. The summed E-state index contributed by atoms with van der Waals surface area (Å²) in [5, 5.41) is 0. The van der Waals surface area contributed by atoms with Crippen LogP contribution in [0.15, 0.2) is 37.1 Å². The molecule has 0 spiro atoms. The second-order valence-electron chi connectivity index (χ2n) is 5.73. The largest absolute Gasteiger partial charge is 0.475 e. The van der Waals surface area contributed by atoms with Gasteiger partial charge < -0.3 is 18.9 Å². The molecular formula is C17H22N4O3. The van der Waals surface area contributed by atoms with Gasteiger partial charge in [0.25, 0.3) is 5.91 Å². The third kappa shape index (κ3) is 3.73. The first-order valence-electron chi connectivity index (χ1n) is 8.13. The zero-order valence-corrected chi connectivity index (χ0v) is 13.8. The molecule has 128 valence electrons. The summed E-state index contributed by atoms with van der Waals surface area (Å²) in [5.74, 6) is 0.343. The van der Waals surface area contributed by atoms with E-state index in [1.165, 1.54) is 0 Å². The molecule has 1 aliphatic rings. The molecule has 3 rings (SSSR count). The van der Waals surface area contributed by atoms with Crippen LogP contribution in [0.1, 0.15) is 29.2 Å². The Morgan fingerprint density at radius 2 is 2.12 bits per heavy atom. The highest BCUT2D eigenvalue weighted by molar-refractivity contribution is 5.96. The number of rotatable bonds is 6. The molecule has 0 saturated carbocycles. The Morgan fingerprint density at radius 3 is 2.83 bits per heavy atom. The van der Waals surface area contributed by atoms with E-state index in [0.29, 0.717) is 43.8 Å². The summed E-state index contributed by atoms with van der Waals surface area (Å²) >= 11 is 0. The van der Waals surface area contributed by atoms with Crippen molar-refractivity contribution >= 4 is 5.91 Å². The van der Waals surface area contributed by atoms with Gasteiger partial charge in [-0.05, 0) is 25.0 Å². The van der Waals surface area contributed by atoms with Gasteiger partial charge in [-0.2, -0.15) is 0 Å². The van der Waals surface area contributed by atoms with Crippen LogP contribution in [-0.2, 0) is 4.74 Å². The van der Waals surface area contributed by atoms with Crippen LogP contribution in [0.4, 0.5) is 0 Å². The number of likely N-dealkylation sites (tertiary alicyclic amines) is 1. The number of aromatic nitrogens is 3. The first-order chi connectivity index (χ1) is 11.8. The van der Waals surface area contributed by atoms with E-state index in [1.807, 2.05) is 17.4 Å². The molecule has 3 heterocycles. The van der Waals surface area contributed by atoms with Crippen LogP contribution in [0.25, 0.3) is 0 Å². The number of hydrogen-bond acceptors (Lipinski definition) is 5. The molecule has 0 aromatic carbocycles. The van der Waals surface area contributed by atoms with Crippen LogP contribution < -0.4 is 4.74 Å². The summed E-state index contributed by atoms with van der Waals surface area (Å²) in [6, 6.07) is 3.93. The van der Waals surface area contributed by atoms with Gasteiger partial charge in [0, 0.05) is 44.8 Å². The molecule has 0 atom stereocenters. The Balaban J connectivity index is 1.63. The average molecular weight is 330 g/mol. The summed E-state index contributed by atoms with van der Waals surface area (Å²) in [7, 11) is 1.61. The molecule has 0 bridgehead atoms. The summed E-state index contributed by atoms with van der Waals surface area (Å²) in [6.07, 6.45) is 9.07. The minimum absolute atomic E-state index is 0.0282. The number of methoxy groups -OCH3 is 1. The summed E-state index contributed by atoms with van der Waals surface area (Å²) in [4.78, 5) is 22.9. The Kier molecular flexibility index (Phi) is 5.43. The van der Waals surface area contributed by atoms with Gasteiger partial charge in [-0.15, -0.1) is 0 Å². The molecule has 0 N–H and O–H groups in total. The van der Waals surface area contributed by atoms with E-state index in [9.17, 15) is 4.79 Å². The third-order valence-electron chi connectivity index (χ3n) is 4.23. The number of hydrogen-bond donors (Lipinski definition) is 0. The van der Waals surface area contributed by atoms with Crippen molar-refractivity contribution in [3.63, 3.8) is 0 Å². The minimum Gasteiger partial charge on any atom is -0.475 e. The fourth-order valence-electron chi connectivity index (χ4n) is 2.91. The standard InChI is InChI=1S/C17H22N4O3/c1-23-11-12-24-16-15(3-2-6-19-16)17(22)20-8-4-14(5-9-20)21-10-7-18-13-21/h2-3,6-7,10,13-14H,4-5,8-9,11-12H2,1H3. The van der Waals surface area contributed by atoms with Crippen molar-refractivity contribution in [1.29, 1.82) is 0 Å². The molecule has 0 radical (unpaired) electrons. The molecule has 7 heteroatoms. The SMILES string of the molecule is COCCOc1ncccc1C(=O)N1CCC(n2ccnc2)CC1. The van der Waals surface area contributed by atoms with Crippen molar-refractivity contribution in [3.8, 4) is 5.88 Å². The Labute approximate surface area is 141 Å². The quantitative estimate of drug-likeness (QED) is 0.755.